The molecule has 6 heteroatoms. The first kappa shape index (κ1) is 17.0. The summed E-state index contributed by atoms with van der Waals surface area (Å²) < 4.78 is 10.6. The second-order valence-electron chi connectivity index (χ2n) is 5.33. The van der Waals surface area contributed by atoms with Gasteiger partial charge in [0.1, 0.15) is 17.2 Å². The Morgan fingerprint density at radius 2 is 1.92 bits per heavy atom. The summed E-state index contributed by atoms with van der Waals surface area (Å²) in [4.78, 5) is 14.2. The van der Waals surface area contributed by atoms with Gasteiger partial charge in [0.2, 0.25) is 0 Å². The van der Waals surface area contributed by atoms with Gasteiger partial charge < -0.3 is 14.8 Å². The van der Waals surface area contributed by atoms with Gasteiger partial charge in [0.25, 0.3) is 5.91 Å². The van der Waals surface area contributed by atoms with Crippen LogP contribution in [0.1, 0.15) is 12.5 Å². The molecule has 0 bridgehead atoms. The summed E-state index contributed by atoms with van der Waals surface area (Å²) in [6, 6.07) is 14.7. The monoisotopic (exact) mass is 354 g/mol. The first-order chi connectivity index (χ1) is 12.1. The van der Waals surface area contributed by atoms with E-state index in [2.05, 4.69) is 5.32 Å². The summed E-state index contributed by atoms with van der Waals surface area (Å²) in [7, 11) is 1.61. The van der Waals surface area contributed by atoms with E-state index in [9.17, 15) is 4.79 Å². The zero-order chi connectivity index (χ0) is 17.8. The van der Waals surface area contributed by atoms with Crippen molar-refractivity contribution in [3.8, 4) is 11.5 Å². The standard InChI is InChI=1S/C19H18N2O3S/c1-3-24-15-9-7-14(8-10-15)21-18(22)17(20-19(21)25)12-13-5-4-6-16(11-13)23-2/h4-12H,3H2,1-2H3,(H,20,25)/b17-12+. The van der Waals surface area contributed by atoms with Crippen molar-refractivity contribution >= 4 is 35.0 Å². The van der Waals surface area contributed by atoms with Crippen LogP contribution >= 0.6 is 12.2 Å². The molecule has 25 heavy (non-hydrogen) atoms. The largest absolute Gasteiger partial charge is 0.497 e. The van der Waals surface area contributed by atoms with Crippen molar-refractivity contribution in [3.63, 3.8) is 0 Å². The molecule has 0 saturated carbocycles. The van der Waals surface area contributed by atoms with Gasteiger partial charge in [0.15, 0.2) is 5.11 Å². The van der Waals surface area contributed by atoms with Crippen LogP contribution in [0.2, 0.25) is 0 Å². The van der Waals surface area contributed by atoms with Gasteiger partial charge in [-0.15, -0.1) is 0 Å². The first-order valence-electron chi connectivity index (χ1n) is 7.86. The number of rotatable bonds is 5. The molecule has 3 rings (SSSR count). The van der Waals surface area contributed by atoms with E-state index >= 15 is 0 Å². The maximum absolute atomic E-state index is 12.7. The van der Waals surface area contributed by atoms with Gasteiger partial charge in [0, 0.05) is 0 Å². The minimum Gasteiger partial charge on any atom is -0.497 e. The van der Waals surface area contributed by atoms with E-state index in [-0.39, 0.29) is 5.91 Å². The van der Waals surface area contributed by atoms with E-state index < -0.39 is 0 Å². The van der Waals surface area contributed by atoms with Crippen molar-refractivity contribution in [2.75, 3.05) is 18.6 Å². The van der Waals surface area contributed by atoms with Crippen LogP contribution in [-0.4, -0.2) is 24.7 Å². The molecule has 0 unspecified atom stereocenters. The predicted molar refractivity (Wildman–Crippen MR) is 102 cm³/mol. The Bertz CT molecular complexity index is 831. The summed E-state index contributed by atoms with van der Waals surface area (Å²) in [5, 5.41) is 3.33. The number of ether oxygens (including phenoxy) is 2. The number of amides is 1. The fraction of sp³-hybridized carbons (Fsp3) is 0.158. The third kappa shape index (κ3) is 3.64. The molecule has 1 heterocycles. The van der Waals surface area contributed by atoms with E-state index in [0.29, 0.717) is 23.1 Å². The lowest BCUT2D eigenvalue weighted by atomic mass is 10.2. The molecule has 0 radical (unpaired) electrons. The number of carbonyl (C=O) groups excluding carboxylic acids is 1. The molecule has 1 N–H and O–H groups in total. The average Bonchev–Trinajstić information content (AvgIpc) is 2.90. The maximum atomic E-state index is 12.7. The van der Waals surface area contributed by atoms with Crippen molar-refractivity contribution in [2.24, 2.45) is 0 Å². The number of hydrogen-bond donors (Lipinski definition) is 1. The Morgan fingerprint density at radius 1 is 1.16 bits per heavy atom. The molecule has 1 saturated heterocycles. The van der Waals surface area contributed by atoms with Crippen LogP contribution in [0.4, 0.5) is 5.69 Å². The summed E-state index contributed by atoms with van der Waals surface area (Å²) in [6.45, 7) is 2.52. The molecule has 128 valence electrons. The summed E-state index contributed by atoms with van der Waals surface area (Å²) in [5.74, 6) is 1.28. The highest BCUT2D eigenvalue weighted by Gasteiger charge is 2.31. The molecule has 0 aliphatic carbocycles. The number of nitrogens with one attached hydrogen (secondary N) is 1. The SMILES string of the molecule is CCOc1ccc(N2C(=O)/C(=C\c3cccc(OC)c3)NC2=S)cc1. The predicted octanol–water partition coefficient (Wildman–Crippen LogP) is 3.36. The normalized spacial score (nSPS) is 15.4. The highest BCUT2D eigenvalue weighted by Crippen LogP contribution is 2.25. The Labute approximate surface area is 151 Å². The molecule has 1 amide bonds. The lowest BCUT2D eigenvalue weighted by Gasteiger charge is -2.14. The molecular formula is C19H18N2O3S. The first-order valence-corrected chi connectivity index (χ1v) is 8.27. The van der Waals surface area contributed by atoms with Gasteiger partial charge in [-0.3, -0.25) is 9.69 Å². The number of nitrogens with zero attached hydrogens (tertiary/aromatic N) is 1. The Morgan fingerprint density at radius 3 is 2.60 bits per heavy atom. The lowest BCUT2D eigenvalue weighted by molar-refractivity contribution is -0.113. The number of methoxy groups -OCH3 is 1. The number of benzene rings is 2. The van der Waals surface area contributed by atoms with Crippen molar-refractivity contribution in [2.45, 2.75) is 6.92 Å². The van der Waals surface area contributed by atoms with Crippen LogP contribution in [0.5, 0.6) is 11.5 Å². The topological polar surface area (TPSA) is 50.8 Å². The molecule has 0 atom stereocenters. The Hall–Kier alpha value is -2.86. The summed E-state index contributed by atoms with van der Waals surface area (Å²) in [6.07, 6.45) is 1.76. The Balaban J connectivity index is 1.85. The molecule has 2 aromatic carbocycles. The second-order valence-corrected chi connectivity index (χ2v) is 5.72. The zero-order valence-electron chi connectivity index (χ0n) is 14.0. The van der Waals surface area contributed by atoms with Gasteiger partial charge in [-0.1, -0.05) is 12.1 Å². The molecule has 1 aliphatic rings. The number of anilines is 1. The van der Waals surface area contributed by atoms with Crippen LogP contribution in [-0.2, 0) is 4.79 Å². The second kappa shape index (κ2) is 7.36. The molecule has 1 fully saturated rings. The summed E-state index contributed by atoms with van der Waals surface area (Å²) in [5.41, 5.74) is 1.97. The maximum Gasteiger partial charge on any atom is 0.281 e. The van der Waals surface area contributed by atoms with Gasteiger partial charge in [-0.2, -0.15) is 0 Å². The van der Waals surface area contributed by atoms with E-state index in [4.69, 9.17) is 21.7 Å². The lowest BCUT2D eigenvalue weighted by Crippen LogP contribution is -2.30. The molecule has 1 aliphatic heterocycles. The molecule has 2 aromatic rings. The van der Waals surface area contributed by atoms with Gasteiger partial charge in [-0.25, -0.2) is 0 Å². The van der Waals surface area contributed by atoms with Crippen LogP contribution in [0, 0.1) is 0 Å². The number of carbonyl (C=O) groups is 1. The molecule has 0 spiro atoms. The molecular weight excluding hydrogens is 336 g/mol. The van der Waals surface area contributed by atoms with Crippen molar-refractivity contribution < 1.29 is 14.3 Å². The average molecular weight is 354 g/mol. The molecule has 0 aromatic heterocycles. The minimum absolute atomic E-state index is 0.197. The van der Waals surface area contributed by atoms with Crippen LogP contribution < -0.4 is 19.7 Å². The van der Waals surface area contributed by atoms with Crippen molar-refractivity contribution in [1.29, 1.82) is 0 Å². The quantitative estimate of drug-likeness (QED) is 0.659. The highest BCUT2D eigenvalue weighted by molar-refractivity contribution is 7.80. The van der Waals surface area contributed by atoms with E-state index in [1.165, 1.54) is 4.90 Å². The van der Waals surface area contributed by atoms with Gasteiger partial charge in [0.05, 0.1) is 19.4 Å². The van der Waals surface area contributed by atoms with Crippen molar-refractivity contribution in [1.82, 2.24) is 5.32 Å². The third-order valence-electron chi connectivity index (χ3n) is 3.69. The van der Waals surface area contributed by atoms with E-state index in [0.717, 1.165) is 17.1 Å². The van der Waals surface area contributed by atoms with E-state index in [1.54, 1.807) is 13.2 Å². The third-order valence-corrected chi connectivity index (χ3v) is 3.97. The van der Waals surface area contributed by atoms with Gasteiger partial charge >= 0.3 is 0 Å². The zero-order valence-corrected chi connectivity index (χ0v) is 14.8. The highest BCUT2D eigenvalue weighted by atomic mass is 32.1. The van der Waals surface area contributed by atoms with Crippen LogP contribution in [0.15, 0.2) is 54.2 Å². The van der Waals surface area contributed by atoms with Crippen LogP contribution in [0.3, 0.4) is 0 Å². The number of thiocarbonyl (C=S) groups is 1. The Kier molecular flexibility index (Phi) is 5.00. The fourth-order valence-corrected chi connectivity index (χ4v) is 2.82. The fourth-order valence-electron chi connectivity index (χ4n) is 2.53. The minimum atomic E-state index is -0.197. The summed E-state index contributed by atoms with van der Waals surface area (Å²) >= 11 is 5.32. The van der Waals surface area contributed by atoms with Crippen molar-refractivity contribution in [3.05, 3.63) is 59.8 Å². The van der Waals surface area contributed by atoms with Crippen LogP contribution in [0.25, 0.3) is 6.08 Å². The molecule has 5 nitrogen and oxygen atoms in total. The number of hydrogen-bond acceptors (Lipinski definition) is 4. The smallest absolute Gasteiger partial charge is 0.281 e. The van der Waals surface area contributed by atoms with Gasteiger partial charge in [-0.05, 0) is 67.2 Å². The van der Waals surface area contributed by atoms with E-state index in [1.807, 2.05) is 55.5 Å².